The Kier molecular flexibility index (Phi) is 4.03. The van der Waals surface area contributed by atoms with Gasteiger partial charge < -0.3 is 0 Å². The summed E-state index contributed by atoms with van der Waals surface area (Å²) in [5.74, 6) is -22.6. The lowest BCUT2D eigenvalue weighted by molar-refractivity contribution is -0.304. The first kappa shape index (κ1) is 16.3. The molecule has 0 radical (unpaired) electrons. The molecule has 0 aliphatic heterocycles. The monoisotopic (exact) mass is 280 g/mol. The molecule has 0 bridgehead atoms. The molecule has 0 saturated carbocycles. The normalized spacial score (nSPS) is 15.5. The van der Waals surface area contributed by atoms with Gasteiger partial charge >= 0.3 is 30.1 Å². The Morgan fingerprint density at radius 3 is 1.35 bits per heavy atom. The second-order valence-corrected chi connectivity index (χ2v) is 3.40. The van der Waals surface area contributed by atoms with Crippen molar-refractivity contribution in [3.63, 3.8) is 0 Å². The van der Waals surface area contributed by atoms with Gasteiger partial charge in [-0.05, 0) is 0 Å². The molecule has 0 unspecified atom stereocenters. The summed E-state index contributed by atoms with van der Waals surface area (Å²) in [7, 11) is 0. The molecule has 0 atom stereocenters. The van der Waals surface area contributed by atoms with Gasteiger partial charge in [0.1, 0.15) is 0 Å². The van der Waals surface area contributed by atoms with Crippen LogP contribution in [0.3, 0.4) is 0 Å². The average Bonchev–Trinajstić information content (AvgIpc) is 1.98. The van der Waals surface area contributed by atoms with E-state index >= 15 is 0 Å². The van der Waals surface area contributed by atoms with Crippen LogP contribution in [0.25, 0.3) is 0 Å². The molecule has 0 fully saturated rings. The van der Waals surface area contributed by atoms with Crippen LogP contribution in [-0.4, -0.2) is 30.1 Å². The van der Waals surface area contributed by atoms with Crippen molar-refractivity contribution in [3.8, 4) is 0 Å². The van der Waals surface area contributed by atoms with E-state index in [0.29, 0.717) is 0 Å². The zero-order chi connectivity index (χ0) is 14.3. The number of rotatable bonds is 5. The number of hydrogen-bond donors (Lipinski definition) is 0. The quantitative estimate of drug-likeness (QED) is 0.662. The van der Waals surface area contributed by atoms with Gasteiger partial charge in [-0.2, -0.15) is 26.3 Å². The van der Waals surface area contributed by atoms with Gasteiger partial charge in [-0.1, -0.05) is 0 Å². The zero-order valence-corrected chi connectivity index (χ0v) is 8.06. The molecule has 0 saturated heterocycles. The first-order valence-electron chi connectivity index (χ1n) is 3.94. The second kappa shape index (κ2) is 4.20. The summed E-state index contributed by atoms with van der Waals surface area (Å²) in [5.41, 5.74) is 0. The molecule has 0 heterocycles. The lowest BCUT2D eigenvalue weighted by Crippen LogP contribution is -2.52. The molecule has 17 heavy (non-hydrogen) atoms. The van der Waals surface area contributed by atoms with Gasteiger partial charge in [0.15, 0.2) is 0 Å². The molecule has 0 aliphatic carbocycles. The Morgan fingerprint density at radius 2 is 1.12 bits per heavy atom. The van der Waals surface area contributed by atoms with Crippen LogP contribution in [0.2, 0.25) is 0 Å². The topological polar surface area (TPSA) is 0 Å². The van der Waals surface area contributed by atoms with Crippen molar-refractivity contribution >= 4 is 0 Å². The first-order chi connectivity index (χ1) is 7.15. The van der Waals surface area contributed by atoms with Crippen LogP contribution in [0.4, 0.5) is 43.9 Å². The molecule has 0 aromatic rings. The van der Waals surface area contributed by atoms with Crippen molar-refractivity contribution in [2.75, 3.05) is 0 Å². The Labute approximate surface area is 88.6 Å². The van der Waals surface area contributed by atoms with Gasteiger partial charge in [0.25, 0.3) is 0 Å². The third-order valence-electron chi connectivity index (χ3n) is 1.85. The molecule has 0 rings (SSSR count). The van der Waals surface area contributed by atoms with E-state index in [1.54, 1.807) is 0 Å². The fourth-order valence-corrected chi connectivity index (χ4v) is 0.712. The summed E-state index contributed by atoms with van der Waals surface area (Å²) < 4.78 is 121. The molecular weight excluding hydrogens is 274 g/mol. The Bertz CT molecular complexity index is 262. The number of halogens is 10. The summed E-state index contributed by atoms with van der Waals surface area (Å²) in [6.45, 7) is -0.483. The predicted molar refractivity (Wildman–Crippen MR) is 36.1 cm³/mol. The highest BCUT2D eigenvalue weighted by atomic mass is 19.3. The van der Waals surface area contributed by atoms with E-state index in [4.69, 9.17) is 0 Å². The minimum absolute atomic E-state index is 0.483. The molecule has 0 N–H and O–H groups in total. The van der Waals surface area contributed by atoms with E-state index in [1.165, 1.54) is 0 Å². The smallest absolute Gasteiger partial charge is 0.203 e. The molecule has 104 valence electrons. The highest BCUT2D eigenvalue weighted by Crippen LogP contribution is 2.48. The van der Waals surface area contributed by atoms with E-state index in [0.717, 1.165) is 0 Å². The lowest BCUT2D eigenvalue weighted by Gasteiger charge is -2.31. The standard InChI is InChI=1S/C7H6F10/c1-4(10,11)5(12,13)2-6(14,15)7(16,17)3(8)9/h3H,2H2,1H3. The Balaban J connectivity index is 5.14. The van der Waals surface area contributed by atoms with E-state index < -0.39 is 43.5 Å². The van der Waals surface area contributed by atoms with E-state index in [9.17, 15) is 43.9 Å². The van der Waals surface area contributed by atoms with Gasteiger partial charge in [0.2, 0.25) is 0 Å². The zero-order valence-electron chi connectivity index (χ0n) is 8.06. The predicted octanol–water partition coefficient (Wildman–Crippen LogP) is 4.20. The highest BCUT2D eigenvalue weighted by Gasteiger charge is 2.69. The SMILES string of the molecule is CC(F)(F)C(F)(F)CC(F)(F)C(F)(F)C(F)F. The van der Waals surface area contributed by atoms with Crippen LogP contribution >= 0.6 is 0 Å². The third kappa shape index (κ3) is 3.15. The summed E-state index contributed by atoms with van der Waals surface area (Å²) in [6, 6.07) is 0. The molecule has 0 aromatic heterocycles. The maximum absolute atomic E-state index is 12.4. The van der Waals surface area contributed by atoms with Gasteiger partial charge in [-0.3, -0.25) is 0 Å². The summed E-state index contributed by atoms with van der Waals surface area (Å²) in [6.07, 6.45) is -8.32. The van der Waals surface area contributed by atoms with Crippen LogP contribution in [0.1, 0.15) is 13.3 Å². The van der Waals surface area contributed by atoms with Gasteiger partial charge in [-0.15, -0.1) is 0 Å². The molecule has 10 heteroatoms. The van der Waals surface area contributed by atoms with Crippen LogP contribution in [0, 0.1) is 0 Å². The van der Waals surface area contributed by atoms with Gasteiger partial charge in [-0.25, -0.2) is 17.6 Å². The van der Waals surface area contributed by atoms with Crippen molar-refractivity contribution in [2.24, 2.45) is 0 Å². The van der Waals surface area contributed by atoms with Crippen LogP contribution < -0.4 is 0 Å². The summed E-state index contributed by atoms with van der Waals surface area (Å²) in [4.78, 5) is 0. The van der Waals surface area contributed by atoms with E-state index in [2.05, 4.69) is 0 Å². The van der Waals surface area contributed by atoms with Crippen molar-refractivity contribution in [2.45, 2.75) is 43.5 Å². The Morgan fingerprint density at radius 1 is 0.765 bits per heavy atom. The molecule has 0 aromatic carbocycles. The molecule has 0 spiro atoms. The van der Waals surface area contributed by atoms with Crippen LogP contribution in [0.15, 0.2) is 0 Å². The van der Waals surface area contributed by atoms with Gasteiger partial charge in [0.05, 0.1) is 6.42 Å². The molecule has 0 nitrogen and oxygen atoms in total. The molecule has 0 aliphatic rings. The largest absolute Gasteiger partial charge is 0.369 e. The van der Waals surface area contributed by atoms with Crippen molar-refractivity contribution < 1.29 is 43.9 Å². The first-order valence-corrected chi connectivity index (χ1v) is 3.94. The minimum atomic E-state index is -6.11. The highest BCUT2D eigenvalue weighted by molar-refractivity contribution is 4.94. The van der Waals surface area contributed by atoms with Crippen LogP contribution in [-0.2, 0) is 0 Å². The third-order valence-corrected chi connectivity index (χ3v) is 1.85. The Hall–Kier alpha value is -0.700. The fraction of sp³-hybridized carbons (Fsp3) is 1.00. The second-order valence-electron chi connectivity index (χ2n) is 3.40. The summed E-state index contributed by atoms with van der Waals surface area (Å²) in [5, 5.41) is 0. The van der Waals surface area contributed by atoms with Gasteiger partial charge in [0, 0.05) is 6.92 Å². The maximum atomic E-state index is 12.4. The lowest BCUT2D eigenvalue weighted by atomic mass is 10.0. The fourth-order valence-electron chi connectivity index (χ4n) is 0.712. The van der Waals surface area contributed by atoms with Crippen molar-refractivity contribution in [3.05, 3.63) is 0 Å². The van der Waals surface area contributed by atoms with Crippen molar-refractivity contribution in [1.82, 2.24) is 0 Å². The maximum Gasteiger partial charge on any atom is 0.369 e. The molecular formula is C7H6F10. The molecule has 0 amide bonds. The van der Waals surface area contributed by atoms with E-state index in [-0.39, 0.29) is 0 Å². The van der Waals surface area contributed by atoms with Crippen LogP contribution in [0.5, 0.6) is 0 Å². The van der Waals surface area contributed by atoms with Crippen molar-refractivity contribution in [1.29, 1.82) is 0 Å². The number of hydrogen-bond acceptors (Lipinski definition) is 0. The minimum Gasteiger partial charge on any atom is -0.203 e. The average molecular weight is 280 g/mol. The van der Waals surface area contributed by atoms with E-state index in [1.807, 2.05) is 0 Å². The summed E-state index contributed by atoms with van der Waals surface area (Å²) >= 11 is 0. The number of alkyl halides is 10.